The summed E-state index contributed by atoms with van der Waals surface area (Å²) in [5.41, 5.74) is 0.381. The second kappa shape index (κ2) is 5.69. The smallest absolute Gasteiger partial charge is 0.395 e. The highest BCUT2D eigenvalue weighted by molar-refractivity contribution is 5.92. The van der Waals surface area contributed by atoms with Gasteiger partial charge < -0.3 is 19.5 Å². The zero-order chi connectivity index (χ0) is 15.7. The van der Waals surface area contributed by atoms with Gasteiger partial charge in [-0.2, -0.15) is 0 Å². The van der Waals surface area contributed by atoms with Gasteiger partial charge in [-0.25, -0.2) is 0 Å². The van der Waals surface area contributed by atoms with Crippen LogP contribution in [-0.4, -0.2) is 49.4 Å². The Morgan fingerprint density at radius 3 is 2.95 bits per heavy atom. The average Bonchev–Trinajstić information content (AvgIpc) is 2.71. The van der Waals surface area contributed by atoms with Gasteiger partial charge in [-0.15, -0.1) is 8.78 Å². The van der Waals surface area contributed by atoms with E-state index in [9.17, 15) is 13.6 Å². The second-order valence-corrected chi connectivity index (χ2v) is 5.29. The third-order valence-corrected chi connectivity index (χ3v) is 3.38. The Labute approximate surface area is 125 Å². The Bertz CT molecular complexity index is 582. The third kappa shape index (κ3) is 3.45. The first-order chi connectivity index (χ1) is 10.4. The highest BCUT2D eigenvalue weighted by Crippen LogP contribution is 2.42. The normalized spacial score (nSPS) is 23.3. The first-order valence-electron chi connectivity index (χ1n) is 6.95. The molecule has 1 aromatic carbocycles. The van der Waals surface area contributed by atoms with Gasteiger partial charge in [0.25, 0.3) is 0 Å². The van der Waals surface area contributed by atoms with Gasteiger partial charge in [-0.05, 0) is 19.1 Å². The van der Waals surface area contributed by atoms with Crippen LogP contribution in [0.15, 0.2) is 18.2 Å². The van der Waals surface area contributed by atoms with E-state index >= 15 is 0 Å². The number of carbonyl (C=O) groups is 1. The van der Waals surface area contributed by atoms with Crippen molar-refractivity contribution in [3.63, 3.8) is 0 Å². The van der Waals surface area contributed by atoms with Crippen LogP contribution >= 0.6 is 0 Å². The standard InChI is InChI=1S/C14H16F2N2O4/c1-9-7-18(4-5-20-9)8-13(19)17-10-2-3-11-12(6-10)22-14(15,16)21-11/h2-3,6,9H,4-5,7-8H2,1H3,(H,17,19). The molecule has 0 spiro atoms. The van der Waals surface area contributed by atoms with Crippen molar-refractivity contribution < 1.29 is 27.8 Å². The van der Waals surface area contributed by atoms with E-state index in [2.05, 4.69) is 14.8 Å². The number of alkyl halides is 2. The summed E-state index contributed by atoms with van der Waals surface area (Å²) in [4.78, 5) is 14.0. The van der Waals surface area contributed by atoms with Gasteiger partial charge in [0.05, 0.1) is 19.3 Å². The quantitative estimate of drug-likeness (QED) is 0.919. The van der Waals surface area contributed by atoms with Gasteiger partial charge in [0.1, 0.15) is 0 Å². The monoisotopic (exact) mass is 314 g/mol. The molecule has 0 radical (unpaired) electrons. The molecule has 8 heteroatoms. The van der Waals surface area contributed by atoms with E-state index in [1.165, 1.54) is 18.2 Å². The summed E-state index contributed by atoms with van der Waals surface area (Å²) in [5, 5.41) is 2.66. The number of amides is 1. The number of anilines is 1. The number of carbonyl (C=O) groups excluding carboxylic acids is 1. The van der Waals surface area contributed by atoms with E-state index in [-0.39, 0.29) is 30.1 Å². The maximum Gasteiger partial charge on any atom is 0.586 e. The Kier molecular flexibility index (Phi) is 3.88. The number of nitrogens with zero attached hydrogens (tertiary/aromatic N) is 1. The molecule has 2 aliphatic heterocycles. The summed E-state index contributed by atoms with van der Waals surface area (Å²) in [5.74, 6) is -0.368. The minimum absolute atomic E-state index is 0.0509. The molecular weight excluding hydrogens is 298 g/mol. The highest BCUT2D eigenvalue weighted by Gasteiger charge is 2.43. The van der Waals surface area contributed by atoms with E-state index in [1.807, 2.05) is 11.8 Å². The molecule has 1 N–H and O–H groups in total. The summed E-state index contributed by atoms with van der Waals surface area (Å²) >= 11 is 0. The molecule has 0 aromatic heterocycles. The fourth-order valence-corrected chi connectivity index (χ4v) is 2.46. The number of halogens is 2. The lowest BCUT2D eigenvalue weighted by molar-refractivity contribution is -0.286. The first-order valence-corrected chi connectivity index (χ1v) is 6.95. The van der Waals surface area contributed by atoms with Gasteiger partial charge in [-0.3, -0.25) is 9.69 Å². The lowest BCUT2D eigenvalue weighted by atomic mass is 10.2. The molecule has 2 heterocycles. The summed E-state index contributed by atoms with van der Waals surface area (Å²) in [6, 6.07) is 4.14. The molecule has 1 aromatic rings. The lowest BCUT2D eigenvalue weighted by Gasteiger charge is -2.30. The van der Waals surface area contributed by atoms with E-state index in [4.69, 9.17) is 4.74 Å². The van der Waals surface area contributed by atoms with Crippen LogP contribution in [0.1, 0.15) is 6.92 Å². The molecule has 2 aliphatic rings. The van der Waals surface area contributed by atoms with Crippen molar-refractivity contribution in [3.05, 3.63) is 18.2 Å². The van der Waals surface area contributed by atoms with Crippen molar-refractivity contribution in [2.75, 3.05) is 31.6 Å². The van der Waals surface area contributed by atoms with Crippen molar-refractivity contribution in [3.8, 4) is 11.5 Å². The number of ether oxygens (including phenoxy) is 3. The van der Waals surface area contributed by atoms with Crippen molar-refractivity contribution in [1.82, 2.24) is 4.90 Å². The molecule has 1 fully saturated rings. The van der Waals surface area contributed by atoms with E-state index in [0.29, 0.717) is 25.4 Å². The van der Waals surface area contributed by atoms with Crippen molar-refractivity contribution in [2.24, 2.45) is 0 Å². The van der Waals surface area contributed by atoms with Crippen LogP contribution in [0.25, 0.3) is 0 Å². The van der Waals surface area contributed by atoms with Crippen LogP contribution in [0.2, 0.25) is 0 Å². The number of rotatable bonds is 3. The molecular formula is C14H16F2N2O4. The molecule has 120 valence electrons. The zero-order valence-corrected chi connectivity index (χ0v) is 12.0. The summed E-state index contributed by atoms with van der Waals surface area (Å²) in [6.07, 6.45) is -3.57. The number of hydrogen-bond donors (Lipinski definition) is 1. The number of hydrogen-bond acceptors (Lipinski definition) is 5. The van der Waals surface area contributed by atoms with Crippen molar-refractivity contribution >= 4 is 11.6 Å². The Morgan fingerprint density at radius 1 is 1.41 bits per heavy atom. The maximum absolute atomic E-state index is 12.9. The largest absolute Gasteiger partial charge is 0.586 e. The van der Waals surface area contributed by atoms with Gasteiger partial charge in [0.2, 0.25) is 5.91 Å². The van der Waals surface area contributed by atoms with Gasteiger partial charge in [-0.1, -0.05) is 0 Å². The van der Waals surface area contributed by atoms with Crippen LogP contribution in [0, 0.1) is 0 Å². The van der Waals surface area contributed by atoms with Crippen LogP contribution in [0.4, 0.5) is 14.5 Å². The fraction of sp³-hybridized carbons (Fsp3) is 0.500. The van der Waals surface area contributed by atoms with Crippen LogP contribution in [0.3, 0.4) is 0 Å². The number of nitrogens with one attached hydrogen (secondary N) is 1. The van der Waals surface area contributed by atoms with Gasteiger partial charge >= 0.3 is 6.29 Å². The fourth-order valence-electron chi connectivity index (χ4n) is 2.46. The third-order valence-electron chi connectivity index (χ3n) is 3.38. The van der Waals surface area contributed by atoms with Crippen LogP contribution < -0.4 is 14.8 Å². The zero-order valence-electron chi connectivity index (χ0n) is 12.0. The molecule has 1 amide bonds. The second-order valence-electron chi connectivity index (χ2n) is 5.29. The van der Waals surface area contributed by atoms with E-state index in [0.717, 1.165) is 0 Å². The predicted octanol–water partition coefficient (Wildman–Crippen LogP) is 1.67. The molecule has 22 heavy (non-hydrogen) atoms. The molecule has 6 nitrogen and oxygen atoms in total. The van der Waals surface area contributed by atoms with E-state index < -0.39 is 6.29 Å². The topological polar surface area (TPSA) is 60.0 Å². The average molecular weight is 314 g/mol. The summed E-state index contributed by atoms with van der Waals surface area (Å²) in [6.45, 7) is 4.12. The minimum atomic E-state index is -3.66. The Balaban J connectivity index is 1.58. The Morgan fingerprint density at radius 2 is 2.18 bits per heavy atom. The van der Waals surface area contributed by atoms with Gasteiger partial charge in [0, 0.05) is 24.8 Å². The number of fused-ring (bicyclic) bond motifs is 1. The van der Waals surface area contributed by atoms with E-state index in [1.54, 1.807) is 0 Å². The molecule has 3 rings (SSSR count). The first kappa shape index (κ1) is 15.0. The van der Waals surface area contributed by atoms with Crippen LogP contribution in [-0.2, 0) is 9.53 Å². The number of morpholine rings is 1. The van der Waals surface area contributed by atoms with Crippen molar-refractivity contribution in [1.29, 1.82) is 0 Å². The van der Waals surface area contributed by atoms with Gasteiger partial charge in [0.15, 0.2) is 11.5 Å². The SMILES string of the molecule is CC1CN(CC(=O)Nc2ccc3c(c2)OC(F)(F)O3)CCO1. The molecule has 1 atom stereocenters. The summed E-state index contributed by atoms with van der Waals surface area (Å²) < 4.78 is 39.9. The molecule has 1 saturated heterocycles. The molecule has 1 unspecified atom stereocenters. The number of benzene rings is 1. The maximum atomic E-state index is 12.9. The molecule has 0 saturated carbocycles. The highest BCUT2D eigenvalue weighted by atomic mass is 19.3. The van der Waals surface area contributed by atoms with Crippen molar-refractivity contribution in [2.45, 2.75) is 19.3 Å². The summed E-state index contributed by atoms with van der Waals surface area (Å²) in [7, 11) is 0. The Hall–Kier alpha value is -1.93. The molecule has 0 aliphatic carbocycles. The molecule has 0 bridgehead atoms. The van der Waals surface area contributed by atoms with Crippen LogP contribution in [0.5, 0.6) is 11.5 Å². The predicted molar refractivity (Wildman–Crippen MR) is 73.1 cm³/mol. The lowest BCUT2D eigenvalue weighted by Crippen LogP contribution is -2.44. The minimum Gasteiger partial charge on any atom is -0.395 e.